The number of anilines is 1. The van der Waals surface area contributed by atoms with Crippen LogP contribution >= 0.6 is 23.1 Å². The van der Waals surface area contributed by atoms with E-state index in [1.165, 1.54) is 16.6 Å². The quantitative estimate of drug-likeness (QED) is 0.865. The van der Waals surface area contributed by atoms with Crippen LogP contribution in [0.15, 0.2) is 0 Å². The van der Waals surface area contributed by atoms with Crippen LogP contribution in [0.25, 0.3) is 0 Å². The molecule has 2 atom stereocenters. The van der Waals surface area contributed by atoms with E-state index in [0.29, 0.717) is 23.7 Å². The van der Waals surface area contributed by atoms with E-state index in [0.717, 1.165) is 11.4 Å². The molecule has 1 aromatic heterocycles. The first-order valence-electron chi connectivity index (χ1n) is 7.00. The van der Waals surface area contributed by atoms with Crippen LogP contribution in [0, 0.1) is 0 Å². The number of urea groups is 1. The van der Waals surface area contributed by atoms with Crippen molar-refractivity contribution in [1.82, 2.24) is 9.88 Å². The summed E-state index contributed by atoms with van der Waals surface area (Å²) in [5.41, 5.74) is 1.00. The Labute approximate surface area is 132 Å². The third kappa shape index (κ3) is 2.77. The van der Waals surface area contributed by atoms with Gasteiger partial charge in [-0.05, 0) is 6.92 Å². The van der Waals surface area contributed by atoms with E-state index in [1.54, 1.807) is 28.2 Å². The van der Waals surface area contributed by atoms with Crippen LogP contribution in [0.5, 0.6) is 0 Å². The molecule has 0 aromatic carbocycles. The molecule has 1 fully saturated rings. The van der Waals surface area contributed by atoms with Crippen LogP contribution in [-0.4, -0.2) is 48.3 Å². The summed E-state index contributed by atoms with van der Waals surface area (Å²) in [5, 5.41) is 1.15. The van der Waals surface area contributed by atoms with Gasteiger partial charge < -0.3 is 14.4 Å². The number of nitrogens with zero attached hydrogens (tertiary/aromatic N) is 3. The highest BCUT2D eigenvalue weighted by molar-refractivity contribution is 7.99. The summed E-state index contributed by atoms with van der Waals surface area (Å²) >= 11 is 2.94. The smallest absolute Gasteiger partial charge is 0.329 e. The molecule has 0 spiro atoms. The van der Waals surface area contributed by atoms with Gasteiger partial charge in [-0.1, -0.05) is 6.92 Å². The fourth-order valence-electron chi connectivity index (χ4n) is 2.47. The summed E-state index contributed by atoms with van der Waals surface area (Å²) in [6.45, 7) is 5.46. The number of fused-ring (bicyclic) bond motifs is 1. The first-order chi connectivity index (χ1) is 10.1. The number of amides is 2. The number of thiol groups is 1. The first kappa shape index (κ1) is 15.1. The highest BCUT2D eigenvalue weighted by atomic mass is 32.2. The Bertz CT molecular complexity index is 537. The van der Waals surface area contributed by atoms with Gasteiger partial charge in [-0.2, -0.15) is 0 Å². The largest absolute Gasteiger partial charge is 0.371 e. The first-order valence-corrected chi connectivity index (χ1v) is 8.96. The summed E-state index contributed by atoms with van der Waals surface area (Å²) in [5.74, 6) is 0.983. The molecular weight excluding hydrogens is 310 g/mol. The van der Waals surface area contributed by atoms with Gasteiger partial charge in [0.15, 0.2) is 5.13 Å². The maximum Gasteiger partial charge on any atom is 0.329 e. The number of thiazole rings is 1. The van der Waals surface area contributed by atoms with Crippen molar-refractivity contribution in [2.45, 2.75) is 31.0 Å². The molecule has 0 N–H and O–H groups in total. The molecule has 3 heterocycles. The second-order valence-electron chi connectivity index (χ2n) is 5.13. The van der Waals surface area contributed by atoms with Gasteiger partial charge in [0.2, 0.25) is 0 Å². The van der Waals surface area contributed by atoms with Crippen LogP contribution in [0.1, 0.15) is 30.5 Å². The third-order valence-corrected chi connectivity index (χ3v) is 6.24. The van der Waals surface area contributed by atoms with Crippen molar-refractivity contribution in [2.24, 2.45) is 0 Å². The Morgan fingerprint density at radius 3 is 3.10 bits per heavy atom. The Morgan fingerprint density at radius 1 is 1.52 bits per heavy atom. The van der Waals surface area contributed by atoms with Crippen molar-refractivity contribution in [3.63, 3.8) is 0 Å². The molecule has 0 bridgehead atoms. The van der Waals surface area contributed by atoms with Gasteiger partial charge >= 0.3 is 6.03 Å². The maximum absolute atomic E-state index is 12.2. The van der Waals surface area contributed by atoms with Crippen molar-refractivity contribution < 1.29 is 14.3 Å². The Balaban J connectivity index is 1.89. The minimum absolute atomic E-state index is 0.0314. The predicted molar refractivity (Wildman–Crippen MR) is 85.1 cm³/mol. The Kier molecular flexibility index (Phi) is 4.39. The molecule has 2 aliphatic heterocycles. The molecule has 1 aromatic rings. The molecular formula is C13H20N3O3S2. The summed E-state index contributed by atoms with van der Waals surface area (Å²) in [6.07, 6.45) is 0.0314. The van der Waals surface area contributed by atoms with Crippen molar-refractivity contribution >= 4 is 34.3 Å². The zero-order chi connectivity index (χ0) is 15.0. The van der Waals surface area contributed by atoms with E-state index < -0.39 is 0 Å². The van der Waals surface area contributed by atoms with Crippen LogP contribution < -0.4 is 4.90 Å². The lowest BCUT2D eigenvalue weighted by molar-refractivity contribution is 0.0359. The van der Waals surface area contributed by atoms with E-state index in [4.69, 9.17) is 14.5 Å². The summed E-state index contributed by atoms with van der Waals surface area (Å²) < 4.78 is 11.3. The molecule has 1 saturated heterocycles. The van der Waals surface area contributed by atoms with Crippen molar-refractivity contribution in [2.75, 3.05) is 32.0 Å². The predicted octanol–water partition coefficient (Wildman–Crippen LogP) is 2.39. The molecule has 2 amide bonds. The second-order valence-corrected chi connectivity index (χ2v) is 7.69. The van der Waals surface area contributed by atoms with E-state index >= 15 is 0 Å². The van der Waals surface area contributed by atoms with Crippen LogP contribution in [-0.2, 0) is 15.2 Å². The molecule has 117 valence electrons. The highest BCUT2D eigenvalue weighted by Crippen LogP contribution is 2.43. The maximum atomic E-state index is 12.2. The molecule has 0 aliphatic carbocycles. The average molecular weight is 330 g/mol. The van der Waals surface area contributed by atoms with Crippen LogP contribution in [0.4, 0.5) is 9.93 Å². The highest BCUT2D eigenvalue weighted by Gasteiger charge is 2.34. The molecule has 1 radical (unpaired) electrons. The average Bonchev–Trinajstić information content (AvgIpc) is 2.89. The fraction of sp³-hybridized carbons (Fsp3) is 0.692. The lowest BCUT2D eigenvalue weighted by Crippen LogP contribution is -2.48. The number of carbonyl (C=O) groups excluding carboxylic acids is 1. The Hall–Kier alpha value is -0.830. The normalized spacial score (nSPS) is 26.1. The topological polar surface area (TPSA) is 54.9 Å². The molecule has 21 heavy (non-hydrogen) atoms. The number of aromatic nitrogens is 1. The Morgan fingerprint density at radius 2 is 2.33 bits per heavy atom. The monoisotopic (exact) mass is 330 g/mol. The molecule has 2 unspecified atom stereocenters. The van der Waals surface area contributed by atoms with Gasteiger partial charge in [-0.3, -0.25) is 0 Å². The molecule has 0 saturated carbocycles. The van der Waals surface area contributed by atoms with E-state index in [1.807, 2.05) is 6.92 Å². The number of ether oxygens (including phenoxy) is 2. The van der Waals surface area contributed by atoms with Gasteiger partial charge in [0.1, 0.15) is 19.6 Å². The minimum atomic E-state index is -0.0640. The fourth-order valence-corrected chi connectivity index (χ4v) is 4.86. The van der Waals surface area contributed by atoms with E-state index in [2.05, 4.69) is 6.92 Å². The molecule has 2 aliphatic rings. The van der Waals surface area contributed by atoms with Gasteiger partial charge in [-0.15, -0.1) is 11.3 Å². The summed E-state index contributed by atoms with van der Waals surface area (Å²) in [4.78, 5) is 21.3. The number of carbonyl (C=O) groups is 1. The second kappa shape index (κ2) is 6.12. The standard InChI is InChI=1S/C13H20N3O3S2/c1-4-19-11-8(2)20-5-9-10(11)14-12(21-9)16-7-18-6-15(3)13(16)17/h8,11,20H,4-7H2,1-3H3. The molecule has 8 heteroatoms. The number of rotatable bonds is 3. The SMILES string of the molecule is CCOC1c2nc(N3COCN(C)C3=O)sc2C[SH]C1C. The van der Waals surface area contributed by atoms with Crippen molar-refractivity contribution in [3.8, 4) is 0 Å². The molecule has 6 nitrogen and oxygen atoms in total. The van der Waals surface area contributed by atoms with E-state index in [9.17, 15) is 4.79 Å². The van der Waals surface area contributed by atoms with Gasteiger partial charge in [0.05, 0.1) is 5.69 Å². The lowest BCUT2D eigenvalue weighted by Gasteiger charge is -2.31. The number of hydrogen-bond acceptors (Lipinski definition) is 5. The van der Waals surface area contributed by atoms with Crippen molar-refractivity contribution in [3.05, 3.63) is 10.6 Å². The van der Waals surface area contributed by atoms with E-state index in [-0.39, 0.29) is 18.9 Å². The lowest BCUT2D eigenvalue weighted by atomic mass is 10.1. The van der Waals surface area contributed by atoms with Gasteiger partial charge in [-0.25, -0.2) is 26.4 Å². The summed E-state index contributed by atoms with van der Waals surface area (Å²) in [7, 11) is 1.73. The van der Waals surface area contributed by atoms with Gasteiger partial charge in [0, 0.05) is 29.5 Å². The zero-order valence-corrected chi connectivity index (χ0v) is 14.1. The van der Waals surface area contributed by atoms with Crippen LogP contribution in [0.2, 0.25) is 0 Å². The third-order valence-electron chi connectivity index (χ3n) is 3.59. The summed E-state index contributed by atoms with van der Waals surface area (Å²) in [6, 6.07) is -0.0640. The zero-order valence-electron chi connectivity index (χ0n) is 12.4. The van der Waals surface area contributed by atoms with Gasteiger partial charge in [0.25, 0.3) is 0 Å². The minimum Gasteiger partial charge on any atom is -0.371 e. The molecule has 3 rings (SSSR count). The van der Waals surface area contributed by atoms with Crippen molar-refractivity contribution in [1.29, 1.82) is 0 Å². The van der Waals surface area contributed by atoms with Crippen LogP contribution in [0.3, 0.4) is 0 Å². The number of hydrogen-bond donors (Lipinski definition) is 1.